The highest BCUT2D eigenvalue weighted by Gasteiger charge is 2.30. The van der Waals surface area contributed by atoms with Crippen LogP contribution >= 0.6 is 0 Å². The highest BCUT2D eigenvalue weighted by Crippen LogP contribution is 2.30. The van der Waals surface area contributed by atoms with Crippen molar-refractivity contribution in [2.45, 2.75) is 32.0 Å². The van der Waals surface area contributed by atoms with E-state index in [1.54, 1.807) is 0 Å². The average Bonchev–Trinajstić information content (AvgIpc) is 2.39. The van der Waals surface area contributed by atoms with Crippen molar-refractivity contribution in [2.24, 2.45) is 5.92 Å². The molecule has 2 unspecified atom stereocenters. The van der Waals surface area contributed by atoms with Gasteiger partial charge >= 0.3 is 6.18 Å². The number of hydrogen-bond donors (Lipinski definition) is 1. The van der Waals surface area contributed by atoms with Gasteiger partial charge in [0, 0.05) is 12.5 Å². The highest BCUT2D eigenvalue weighted by atomic mass is 19.4. The molecule has 2 rings (SSSR count). The van der Waals surface area contributed by atoms with Crippen LogP contribution in [0, 0.1) is 5.92 Å². The van der Waals surface area contributed by atoms with Gasteiger partial charge in [0.1, 0.15) is 5.75 Å². The first kappa shape index (κ1) is 14.2. The van der Waals surface area contributed by atoms with Gasteiger partial charge in [-0.1, -0.05) is 0 Å². The van der Waals surface area contributed by atoms with Gasteiger partial charge in [0.15, 0.2) is 0 Å². The van der Waals surface area contributed by atoms with Crippen LogP contribution in [-0.4, -0.2) is 19.2 Å². The van der Waals surface area contributed by atoms with E-state index >= 15 is 0 Å². The zero-order chi connectivity index (χ0) is 13.9. The molecule has 1 aromatic rings. The maximum absolute atomic E-state index is 12.4. The number of alkyl halides is 3. The summed E-state index contributed by atoms with van der Waals surface area (Å²) in [4.78, 5) is 0. The Kier molecular flexibility index (Phi) is 4.34. The highest BCUT2D eigenvalue weighted by molar-refractivity contribution is 5.29. The Morgan fingerprint density at radius 3 is 2.47 bits per heavy atom. The molecule has 1 aliphatic rings. The van der Waals surface area contributed by atoms with Crippen LogP contribution in [0.2, 0.25) is 0 Å². The van der Waals surface area contributed by atoms with Crippen molar-refractivity contribution in [3.05, 3.63) is 29.8 Å². The molecule has 1 N–H and O–H groups in total. The van der Waals surface area contributed by atoms with E-state index in [4.69, 9.17) is 4.74 Å². The summed E-state index contributed by atoms with van der Waals surface area (Å²) in [6, 6.07) is 4.88. The molecule has 1 heterocycles. The lowest BCUT2D eigenvalue weighted by atomic mass is 9.94. The molecule has 19 heavy (non-hydrogen) atoms. The van der Waals surface area contributed by atoms with E-state index in [9.17, 15) is 13.2 Å². The minimum Gasteiger partial charge on any atom is -0.490 e. The van der Waals surface area contributed by atoms with Crippen molar-refractivity contribution in [3.63, 3.8) is 0 Å². The molecule has 0 amide bonds. The lowest BCUT2D eigenvalue weighted by Gasteiger charge is -2.28. The maximum Gasteiger partial charge on any atom is 0.416 e. The molecular weight excluding hydrogens is 255 g/mol. The van der Waals surface area contributed by atoms with Crippen molar-refractivity contribution in [1.29, 1.82) is 0 Å². The average molecular weight is 273 g/mol. The number of hydrogen-bond acceptors (Lipinski definition) is 2. The molecule has 0 bridgehead atoms. The van der Waals surface area contributed by atoms with E-state index in [1.807, 2.05) is 6.92 Å². The van der Waals surface area contributed by atoms with E-state index in [1.165, 1.54) is 12.1 Å². The van der Waals surface area contributed by atoms with Crippen LogP contribution in [0.3, 0.4) is 0 Å². The van der Waals surface area contributed by atoms with E-state index in [0.29, 0.717) is 11.7 Å². The maximum atomic E-state index is 12.4. The lowest BCUT2D eigenvalue weighted by Crippen LogP contribution is -2.37. The summed E-state index contributed by atoms with van der Waals surface area (Å²) < 4.78 is 43.0. The van der Waals surface area contributed by atoms with Gasteiger partial charge in [-0.3, -0.25) is 0 Å². The fraction of sp³-hybridized carbons (Fsp3) is 0.571. The van der Waals surface area contributed by atoms with Gasteiger partial charge in [-0.05, 0) is 50.6 Å². The van der Waals surface area contributed by atoms with Crippen molar-refractivity contribution in [2.75, 3.05) is 13.1 Å². The molecule has 0 saturated carbocycles. The summed E-state index contributed by atoms with van der Waals surface area (Å²) in [6.07, 6.45) is -2.08. The van der Waals surface area contributed by atoms with Crippen LogP contribution in [0.15, 0.2) is 24.3 Å². The SMILES string of the molecule is CC(Oc1ccc(C(F)(F)F)cc1)C1CCCNC1. The van der Waals surface area contributed by atoms with E-state index in [2.05, 4.69) is 5.32 Å². The quantitative estimate of drug-likeness (QED) is 0.910. The summed E-state index contributed by atoms with van der Waals surface area (Å²) in [5.41, 5.74) is -0.646. The van der Waals surface area contributed by atoms with Gasteiger partial charge in [-0.15, -0.1) is 0 Å². The second-order valence-corrected chi connectivity index (χ2v) is 4.95. The Morgan fingerprint density at radius 1 is 1.26 bits per heavy atom. The molecule has 1 aliphatic heterocycles. The standard InChI is InChI=1S/C14H18F3NO/c1-10(11-3-2-8-18-9-11)19-13-6-4-12(5-7-13)14(15,16)17/h4-7,10-11,18H,2-3,8-9H2,1H3. The third-order valence-electron chi connectivity index (χ3n) is 3.50. The lowest BCUT2D eigenvalue weighted by molar-refractivity contribution is -0.137. The largest absolute Gasteiger partial charge is 0.490 e. The van der Waals surface area contributed by atoms with Crippen LogP contribution < -0.4 is 10.1 Å². The van der Waals surface area contributed by atoms with Gasteiger partial charge in [-0.2, -0.15) is 13.2 Å². The van der Waals surface area contributed by atoms with Crippen molar-refractivity contribution < 1.29 is 17.9 Å². The van der Waals surface area contributed by atoms with Crippen LogP contribution in [0.4, 0.5) is 13.2 Å². The number of piperidine rings is 1. The van der Waals surface area contributed by atoms with Crippen LogP contribution in [0.1, 0.15) is 25.3 Å². The van der Waals surface area contributed by atoms with E-state index in [-0.39, 0.29) is 6.10 Å². The predicted octanol–water partition coefficient (Wildman–Crippen LogP) is 3.47. The van der Waals surface area contributed by atoms with Crippen LogP contribution in [-0.2, 0) is 6.18 Å². The van der Waals surface area contributed by atoms with Gasteiger partial charge in [0.2, 0.25) is 0 Å². The zero-order valence-electron chi connectivity index (χ0n) is 10.8. The van der Waals surface area contributed by atoms with E-state index in [0.717, 1.165) is 38.1 Å². The third-order valence-corrected chi connectivity index (χ3v) is 3.50. The number of halogens is 3. The number of benzene rings is 1. The summed E-state index contributed by atoms with van der Waals surface area (Å²) in [7, 11) is 0. The number of rotatable bonds is 3. The first-order chi connectivity index (χ1) is 8.97. The topological polar surface area (TPSA) is 21.3 Å². The first-order valence-electron chi connectivity index (χ1n) is 6.51. The molecule has 0 spiro atoms. The minimum absolute atomic E-state index is 0.00420. The van der Waals surface area contributed by atoms with Crippen molar-refractivity contribution in [3.8, 4) is 5.75 Å². The predicted molar refractivity (Wildman–Crippen MR) is 67.1 cm³/mol. The van der Waals surface area contributed by atoms with Gasteiger partial charge in [-0.25, -0.2) is 0 Å². The van der Waals surface area contributed by atoms with Crippen molar-refractivity contribution in [1.82, 2.24) is 5.32 Å². The van der Waals surface area contributed by atoms with Gasteiger partial charge in [0.05, 0.1) is 11.7 Å². The minimum atomic E-state index is -4.29. The molecule has 2 atom stereocenters. The summed E-state index contributed by atoms with van der Waals surface area (Å²) in [5, 5.41) is 3.30. The van der Waals surface area contributed by atoms with E-state index < -0.39 is 11.7 Å². The Balaban J connectivity index is 1.95. The summed E-state index contributed by atoms with van der Waals surface area (Å²) >= 11 is 0. The Hall–Kier alpha value is -1.23. The molecule has 1 fully saturated rings. The smallest absolute Gasteiger partial charge is 0.416 e. The Bertz CT molecular complexity index is 396. The number of nitrogens with one attached hydrogen (secondary N) is 1. The third kappa shape index (κ3) is 3.86. The molecule has 2 nitrogen and oxygen atoms in total. The van der Waals surface area contributed by atoms with Gasteiger partial charge in [0.25, 0.3) is 0 Å². The van der Waals surface area contributed by atoms with Crippen LogP contribution in [0.5, 0.6) is 5.75 Å². The normalized spacial score (nSPS) is 22.0. The second kappa shape index (κ2) is 5.82. The van der Waals surface area contributed by atoms with Crippen LogP contribution in [0.25, 0.3) is 0 Å². The first-order valence-corrected chi connectivity index (χ1v) is 6.51. The molecule has 5 heteroatoms. The number of ether oxygens (including phenoxy) is 1. The Labute approximate surface area is 111 Å². The van der Waals surface area contributed by atoms with Gasteiger partial charge < -0.3 is 10.1 Å². The monoisotopic (exact) mass is 273 g/mol. The molecule has 1 aromatic carbocycles. The summed E-state index contributed by atoms with van der Waals surface area (Å²) in [6.45, 7) is 3.90. The summed E-state index contributed by atoms with van der Waals surface area (Å²) in [5.74, 6) is 0.905. The fourth-order valence-electron chi connectivity index (χ4n) is 2.31. The molecule has 0 aromatic heterocycles. The van der Waals surface area contributed by atoms with Crippen molar-refractivity contribution >= 4 is 0 Å². The zero-order valence-corrected chi connectivity index (χ0v) is 10.8. The molecule has 1 saturated heterocycles. The fourth-order valence-corrected chi connectivity index (χ4v) is 2.31. The molecular formula is C14H18F3NO. The molecule has 0 radical (unpaired) electrons. The molecule has 106 valence electrons. The second-order valence-electron chi connectivity index (χ2n) is 4.95. The molecule has 0 aliphatic carbocycles. The Morgan fingerprint density at radius 2 is 1.95 bits per heavy atom.